The largest absolute Gasteiger partial charge is 0.480 e. The Morgan fingerprint density at radius 1 is 0.613 bits per heavy atom. The molecule has 1 atom stereocenters. The van der Waals surface area contributed by atoms with E-state index in [9.17, 15) is 34.5 Å². The molecular formula is C19H34N4O8. The molecule has 0 saturated carbocycles. The first kappa shape index (κ1) is 26.8. The van der Waals surface area contributed by atoms with Crippen LogP contribution in [0.25, 0.3) is 0 Å². The smallest absolute Gasteiger partial charge is 0.321 e. The van der Waals surface area contributed by atoms with Crippen molar-refractivity contribution in [2.75, 3.05) is 72.0 Å². The quantitative estimate of drug-likeness (QED) is 0.327. The van der Waals surface area contributed by atoms with Crippen molar-refractivity contribution in [3.05, 3.63) is 0 Å². The summed E-state index contributed by atoms with van der Waals surface area (Å²) < 4.78 is 0. The average molecular weight is 447 g/mol. The molecule has 0 amide bonds. The molecule has 1 heterocycles. The van der Waals surface area contributed by atoms with Crippen molar-refractivity contribution in [1.29, 1.82) is 0 Å². The van der Waals surface area contributed by atoms with E-state index in [0.717, 1.165) is 0 Å². The molecule has 178 valence electrons. The van der Waals surface area contributed by atoms with Crippen LogP contribution in [0.3, 0.4) is 0 Å². The molecule has 1 aliphatic heterocycles. The van der Waals surface area contributed by atoms with E-state index >= 15 is 0 Å². The van der Waals surface area contributed by atoms with Gasteiger partial charge < -0.3 is 20.4 Å². The first-order valence-electron chi connectivity index (χ1n) is 10.3. The third kappa shape index (κ3) is 10.5. The maximum absolute atomic E-state index is 11.9. The minimum absolute atomic E-state index is 0.197. The van der Waals surface area contributed by atoms with Crippen LogP contribution < -0.4 is 0 Å². The van der Waals surface area contributed by atoms with Gasteiger partial charge in [-0.25, -0.2) is 0 Å². The fraction of sp³-hybridized carbons (Fsp3) is 0.789. The Bertz CT molecular complexity index is 598. The van der Waals surface area contributed by atoms with E-state index in [1.54, 1.807) is 33.4 Å². The molecule has 12 nitrogen and oxygen atoms in total. The molecule has 4 N–H and O–H groups in total. The van der Waals surface area contributed by atoms with Crippen LogP contribution in [0.15, 0.2) is 0 Å². The zero-order valence-corrected chi connectivity index (χ0v) is 18.1. The van der Waals surface area contributed by atoms with Gasteiger partial charge in [0.1, 0.15) is 6.04 Å². The summed E-state index contributed by atoms with van der Waals surface area (Å²) in [4.78, 5) is 52.3. The SMILES string of the molecule is CC(C)[C@H](C(=O)O)N1CCN(CC(=O)O)CCN(CC(=O)O)CCN(CC(=O)O)CC1. The number of hydrogen-bond acceptors (Lipinski definition) is 8. The predicted octanol–water partition coefficient (Wildman–Crippen LogP) is -1.43. The molecule has 0 aliphatic carbocycles. The third-order valence-electron chi connectivity index (χ3n) is 5.23. The second-order valence-electron chi connectivity index (χ2n) is 8.07. The van der Waals surface area contributed by atoms with Crippen LogP contribution >= 0.6 is 0 Å². The normalized spacial score (nSPS) is 20.0. The number of rotatable bonds is 9. The van der Waals surface area contributed by atoms with E-state index in [1.807, 2.05) is 0 Å². The van der Waals surface area contributed by atoms with Crippen LogP contribution in [0.5, 0.6) is 0 Å². The standard InChI is InChI=1S/C19H34N4O8/c1-14(2)18(19(30)31)23-9-7-21(12-16(26)27)5-3-20(11-15(24)25)4-6-22(8-10-23)13-17(28)29/h14,18H,3-13H2,1-2H3,(H,24,25)(H,26,27)(H,28,29)(H,30,31)/t18-/m1/s1. The maximum atomic E-state index is 11.9. The number of carboxylic acid groups (broad SMARTS) is 4. The highest BCUT2D eigenvalue weighted by Gasteiger charge is 2.30. The Morgan fingerprint density at radius 3 is 1.13 bits per heavy atom. The van der Waals surface area contributed by atoms with Gasteiger partial charge in [-0.15, -0.1) is 0 Å². The number of carbonyl (C=O) groups is 4. The molecule has 1 rings (SSSR count). The minimum atomic E-state index is -1.02. The van der Waals surface area contributed by atoms with E-state index in [2.05, 4.69) is 0 Å². The zero-order valence-electron chi connectivity index (χ0n) is 18.1. The number of aliphatic carboxylic acids is 4. The molecule has 1 aliphatic rings. The van der Waals surface area contributed by atoms with Gasteiger partial charge in [-0.1, -0.05) is 13.8 Å². The van der Waals surface area contributed by atoms with Crippen molar-refractivity contribution in [3.63, 3.8) is 0 Å². The molecular weight excluding hydrogens is 412 g/mol. The van der Waals surface area contributed by atoms with Crippen LogP contribution in [0.2, 0.25) is 0 Å². The monoisotopic (exact) mass is 446 g/mol. The fourth-order valence-corrected chi connectivity index (χ4v) is 3.74. The van der Waals surface area contributed by atoms with Crippen LogP contribution in [0, 0.1) is 5.92 Å². The van der Waals surface area contributed by atoms with Crippen molar-refractivity contribution in [2.24, 2.45) is 5.92 Å². The summed E-state index contributed by atoms with van der Waals surface area (Å²) in [6, 6.07) is -0.787. The van der Waals surface area contributed by atoms with Crippen molar-refractivity contribution < 1.29 is 39.6 Å². The van der Waals surface area contributed by atoms with Crippen molar-refractivity contribution >= 4 is 23.9 Å². The Hall–Kier alpha value is -2.28. The van der Waals surface area contributed by atoms with Gasteiger partial charge in [0.05, 0.1) is 19.6 Å². The van der Waals surface area contributed by atoms with Crippen molar-refractivity contribution in [3.8, 4) is 0 Å². The molecule has 0 radical (unpaired) electrons. The average Bonchev–Trinajstić information content (AvgIpc) is 2.61. The summed E-state index contributed by atoms with van der Waals surface area (Å²) >= 11 is 0. The molecule has 1 fully saturated rings. The first-order chi connectivity index (χ1) is 14.5. The lowest BCUT2D eigenvalue weighted by Crippen LogP contribution is -2.53. The second kappa shape index (κ2) is 13.2. The molecule has 0 aromatic heterocycles. The predicted molar refractivity (Wildman–Crippen MR) is 110 cm³/mol. The van der Waals surface area contributed by atoms with E-state index in [-0.39, 0.29) is 25.6 Å². The van der Waals surface area contributed by atoms with Crippen LogP contribution in [0.4, 0.5) is 0 Å². The van der Waals surface area contributed by atoms with E-state index in [0.29, 0.717) is 52.4 Å². The molecule has 12 heteroatoms. The fourth-order valence-electron chi connectivity index (χ4n) is 3.74. The third-order valence-corrected chi connectivity index (χ3v) is 5.23. The number of carboxylic acids is 4. The molecule has 1 saturated heterocycles. The lowest BCUT2D eigenvalue weighted by Gasteiger charge is -2.36. The molecule has 0 unspecified atom stereocenters. The highest BCUT2D eigenvalue weighted by Crippen LogP contribution is 2.12. The zero-order chi connectivity index (χ0) is 23.6. The second-order valence-corrected chi connectivity index (χ2v) is 8.07. The van der Waals surface area contributed by atoms with Gasteiger partial charge in [0, 0.05) is 52.4 Å². The lowest BCUT2D eigenvalue weighted by atomic mass is 10.0. The van der Waals surface area contributed by atoms with Crippen molar-refractivity contribution in [1.82, 2.24) is 19.6 Å². The van der Waals surface area contributed by atoms with Gasteiger partial charge in [0.15, 0.2) is 0 Å². The highest BCUT2D eigenvalue weighted by atomic mass is 16.4. The molecule has 0 spiro atoms. The van der Waals surface area contributed by atoms with Gasteiger partial charge in [0.25, 0.3) is 0 Å². The first-order valence-corrected chi connectivity index (χ1v) is 10.3. The number of nitrogens with zero attached hydrogens (tertiary/aromatic N) is 4. The summed E-state index contributed by atoms with van der Waals surface area (Å²) in [5.74, 6) is -4.24. The lowest BCUT2D eigenvalue weighted by molar-refractivity contribution is -0.146. The maximum Gasteiger partial charge on any atom is 0.321 e. The molecule has 0 bridgehead atoms. The van der Waals surface area contributed by atoms with Gasteiger partial charge in [-0.2, -0.15) is 0 Å². The highest BCUT2D eigenvalue weighted by molar-refractivity contribution is 5.74. The molecule has 0 aromatic rings. The molecule has 31 heavy (non-hydrogen) atoms. The van der Waals surface area contributed by atoms with Crippen LogP contribution in [-0.2, 0) is 19.2 Å². The Labute approximate surface area is 181 Å². The summed E-state index contributed by atoms with van der Waals surface area (Å²) in [6.07, 6.45) is 0. The van der Waals surface area contributed by atoms with Crippen molar-refractivity contribution in [2.45, 2.75) is 19.9 Å². The summed E-state index contributed by atoms with van der Waals surface area (Å²) in [5.41, 5.74) is 0. The Balaban J connectivity index is 3.09. The van der Waals surface area contributed by atoms with Gasteiger partial charge >= 0.3 is 23.9 Å². The topological polar surface area (TPSA) is 162 Å². The summed E-state index contributed by atoms with van der Waals surface area (Å²) in [5, 5.41) is 37.3. The van der Waals surface area contributed by atoms with Gasteiger partial charge in [0.2, 0.25) is 0 Å². The van der Waals surface area contributed by atoms with Crippen LogP contribution in [0.1, 0.15) is 13.8 Å². The van der Waals surface area contributed by atoms with Gasteiger partial charge in [-0.3, -0.25) is 38.8 Å². The molecule has 0 aromatic carbocycles. The Morgan fingerprint density at radius 2 is 0.903 bits per heavy atom. The van der Waals surface area contributed by atoms with E-state index in [1.165, 1.54) is 0 Å². The van der Waals surface area contributed by atoms with Crippen LogP contribution in [-0.4, -0.2) is 142 Å². The minimum Gasteiger partial charge on any atom is -0.480 e. The summed E-state index contributed by atoms with van der Waals surface area (Å²) in [7, 11) is 0. The Kier molecular flexibility index (Phi) is 11.4. The number of hydrogen-bond donors (Lipinski definition) is 4. The van der Waals surface area contributed by atoms with E-state index < -0.39 is 29.9 Å². The van der Waals surface area contributed by atoms with E-state index in [4.69, 9.17) is 5.11 Å². The van der Waals surface area contributed by atoms with Gasteiger partial charge in [-0.05, 0) is 5.92 Å². The summed E-state index contributed by atoms with van der Waals surface area (Å²) in [6.45, 7) is 5.25.